The number of nitrogens with one attached hydrogen (secondary N) is 1. The molecule has 1 aliphatic heterocycles. The van der Waals surface area contributed by atoms with Gasteiger partial charge in [0.15, 0.2) is 0 Å². The molecule has 1 N–H and O–H groups in total. The normalized spacial score (nSPS) is 15.1. The summed E-state index contributed by atoms with van der Waals surface area (Å²) in [5.74, 6) is -0.410. The number of aromatic nitrogens is 1. The highest BCUT2D eigenvalue weighted by atomic mass is 35.5. The predicted molar refractivity (Wildman–Crippen MR) is 128 cm³/mol. The van der Waals surface area contributed by atoms with Gasteiger partial charge >= 0.3 is 6.03 Å². The van der Waals surface area contributed by atoms with E-state index in [1.807, 2.05) is 54.7 Å². The highest BCUT2D eigenvalue weighted by Crippen LogP contribution is 2.28. The van der Waals surface area contributed by atoms with E-state index in [-0.39, 0.29) is 5.70 Å². The standard InChI is InChI=1S/C25H17Cl2N3O2/c26-18-7-5-16(6-8-18)14-29-15-17(21-3-1-2-4-23(21)29)13-22-24(31)30(25(32)28-22)20-11-9-19(27)10-12-20/h1-13,15H,14H2,(H,28,32)/b22-13+. The number of para-hydroxylation sites is 1. The first-order valence-corrected chi connectivity index (χ1v) is 10.7. The van der Waals surface area contributed by atoms with Crippen LogP contribution >= 0.6 is 23.2 Å². The molecule has 1 fully saturated rings. The first-order chi connectivity index (χ1) is 15.5. The Morgan fingerprint density at radius 1 is 0.844 bits per heavy atom. The van der Waals surface area contributed by atoms with Gasteiger partial charge in [-0.3, -0.25) is 4.79 Å². The van der Waals surface area contributed by atoms with Crippen LogP contribution in [0.15, 0.2) is 84.7 Å². The van der Waals surface area contributed by atoms with Gasteiger partial charge in [0.25, 0.3) is 5.91 Å². The summed E-state index contributed by atoms with van der Waals surface area (Å²) >= 11 is 11.9. The van der Waals surface area contributed by atoms with Crippen LogP contribution in [0.3, 0.4) is 0 Å². The first-order valence-electron chi connectivity index (χ1n) is 9.94. The Bertz CT molecular complexity index is 1370. The zero-order valence-electron chi connectivity index (χ0n) is 16.8. The Labute approximate surface area is 194 Å². The summed E-state index contributed by atoms with van der Waals surface area (Å²) in [5, 5.41) is 4.90. The third-order valence-corrected chi connectivity index (χ3v) is 5.85. The zero-order chi connectivity index (χ0) is 22.2. The van der Waals surface area contributed by atoms with E-state index in [9.17, 15) is 9.59 Å². The van der Waals surface area contributed by atoms with Gasteiger partial charge in [0.2, 0.25) is 0 Å². The van der Waals surface area contributed by atoms with Crippen molar-refractivity contribution >= 4 is 57.8 Å². The third kappa shape index (κ3) is 3.77. The summed E-state index contributed by atoms with van der Waals surface area (Å²) in [6, 6.07) is 21.7. The molecule has 1 saturated heterocycles. The van der Waals surface area contributed by atoms with E-state index in [0.29, 0.717) is 22.3 Å². The van der Waals surface area contributed by atoms with Crippen LogP contribution in [0.4, 0.5) is 10.5 Å². The van der Waals surface area contributed by atoms with Gasteiger partial charge in [0.1, 0.15) is 5.70 Å². The van der Waals surface area contributed by atoms with Crippen LogP contribution < -0.4 is 10.2 Å². The van der Waals surface area contributed by atoms with Crippen LogP contribution in [0.2, 0.25) is 10.0 Å². The topological polar surface area (TPSA) is 54.3 Å². The molecule has 0 unspecified atom stereocenters. The molecule has 0 atom stereocenters. The lowest BCUT2D eigenvalue weighted by atomic mass is 10.1. The van der Waals surface area contributed by atoms with E-state index < -0.39 is 11.9 Å². The minimum Gasteiger partial charge on any atom is -0.342 e. The van der Waals surface area contributed by atoms with E-state index in [0.717, 1.165) is 26.9 Å². The summed E-state index contributed by atoms with van der Waals surface area (Å²) in [6.07, 6.45) is 3.70. The fraction of sp³-hybridized carbons (Fsp3) is 0.0400. The summed E-state index contributed by atoms with van der Waals surface area (Å²) in [6.45, 7) is 0.651. The number of carbonyl (C=O) groups excluding carboxylic acids is 2. The Morgan fingerprint density at radius 2 is 1.50 bits per heavy atom. The van der Waals surface area contributed by atoms with Crippen molar-refractivity contribution in [1.29, 1.82) is 0 Å². The van der Waals surface area contributed by atoms with Gasteiger partial charge in [-0.15, -0.1) is 0 Å². The molecule has 1 aromatic heterocycles. The number of fused-ring (bicyclic) bond motifs is 1. The van der Waals surface area contributed by atoms with E-state index in [2.05, 4.69) is 9.88 Å². The molecule has 4 aromatic rings. The Kier molecular flexibility index (Phi) is 5.21. The largest absolute Gasteiger partial charge is 0.342 e. The Hall–Kier alpha value is -3.54. The maximum atomic E-state index is 13.0. The minimum atomic E-state index is -0.492. The summed E-state index contributed by atoms with van der Waals surface area (Å²) in [7, 11) is 0. The fourth-order valence-corrected chi connectivity index (χ4v) is 4.07. The molecule has 7 heteroatoms. The van der Waals surface area contributed by atoms with Gasteiger partial charge in [0.05, 0.1) is 5.69 Å². The van der Waals surface area contributed by atoms with E-state index in [4.69, 9.17) is 23.2 Å². The van der Waals surface area contributed by atoms with E-state index in [1.165, 1.54) is 0 Å². The average Bonchev–Trinajstić information content (AvgIpc) is 3.27. The van der Waals surface area contributed by atoms with Crippen molar-refractivity contribution in [3.8, 4) is 0 Å². The zero-order valence-corrected chi connectivity index (χ0v) is 18.3. The lowest BCUT2D eigenvalue weighted by Gasteiger charge is -2.11. The molecular weight excluding hydrogens is 445 g/mol. The molecule has 0 aliphatic carbocycles. The van der Waals surface area contributed by atoms with Crippen molar-refractivity contribution in [2.24, 2.45) is 0 Å². The van der Waals surface area contributed by atoms with Crippen molar-refractivity contribution in [3.63, 3.8) is 0 Å². The Balaban J connectivity index is 1.51. The number of hydrogen-bond acceptors (Lipinski definition) is 2. The summed E-state index contributed by atoms with van der Waals surface area (Å²) in [5.41, 5.74) is 3.66. The molecular formula is C25H17Cl2N3O2. The summed E-state index contributed by atoms with van der Waals surface area (Å²) in [4.78, 5) is 26.6. The van der Waals surface area contributed by atoms with E-state index >= 15 is 0 Å². The predicted octanol–water partition coefficient (Wildman–Crippen LogP) is 6.09. The summed E-state index contributed by atoms with van der Waals surface area (Å²) < 4.78 is 2.11. The molecule has 158 valence electrons. The van der Waals surface area contributed by atoms with Gasteiger partial charge in [-0.25, -0.2) is 9.69 Å². The van der Waals surface area contributed by atoms with Crippen LogP contribution in [0.5, 0.6) is 0 Å². The van der Waals surface area contributed by atoms with Gasteiger partial charge < -0.3 is 9.88 Å². The van der Waals surface area contributed by atoms with Crippen molar-refractivity contribution in [1.82, 2.24) is 9.88 Å². The average molecular weight is 462 g/mol. The maximum Gasteiger partial charge on any atom is 0.333 e. The highest BCUT2D eigenvalue weighted by Gasteiger charge is 2.35. The molecule has 0 spiro atoms. The number of anilines is 1. The minimum absolute atomic E-state index is 0.222. The van der Waals surface area contributed by atoms with Gasteiger partial charge in [-0.2, -0.15) is 0 Å². The van der Waals surface area contributed by atoms with Crippen LogP contribution in [-0.4, -0.2) is 16.5 Å². The molecule has 0 radical (unpaired) electrons. The highest BCUT2D eigenvalue weighted by molar-refractivity contribution is 6.31. The van der Waals surface area contributed by atoms with Crippen molar-refractivity contribution in [3.05, 3.63) is 106 Å². The molecule has 0 bridgehead atoms. The quantitative estimate of drug-likeness (QED) is 0.295. The van der Waals surface area contributed by atoms with Crippen molar-refractivity contribution < 1.29 is 9.59 Å². The second-order valence-electron chi connectivity index (χ2n) is 7.46. The van der Waals surface area contributed by atoms with Crippen LogP contribution in [0.1, 0.15) is 11.1 Å². The van der Waals surface area contributed by atoms with Crippen molar-refractivity contribution in [2.45, 2.75) is 6.54 Å². The number of benzene rings is 3. The number of rotatable bonds is 4. The second kappa shape index (κ2) is 8.19. The monoisotopic (exact) mass is 461 g/mol. The molecule has 1 aliphatic rings. The fourth-order valence-electron chi connectivity index (χ4n) is 3.82. The van der Waals surface area contributed by atoms with Gasteiger partial charge in [-0.05, 0) is 54.1 Å². The molecule has 0 saturated carbocycles. The number of hydrogen-bond donors (Lipinski definition) is 1. The Morgan fingerprint density at radius 3 is 2.22 bits per heavy atom. The molecule has 5 rings (SSSR count). The van der Waals surface area contributed by atoms with Gasteiger partial charge in [-0.1, -0.05) is 53.5 Å². The van der Waals surface area contributed by atoms with Gasteiger partial charge in [0, 0.05) is 39.3 Å². The number of amides is 3. The number of carbonyl (C=O) groups is 2. The third-order valence-electron chi connectivity index (χ3n) is 5.35. The second-order valence-corrected chi connectivity index (χ2v) is 8.33. The number of imide groups is 1. The van der Waals surface area contributed by atoms with Crippen molar-refractivity contribution in [2.75, 3.05) is 4.90 Å². The molecule has 2 heterocycles. The molecule has 3 amide bonds. The smallest absolute Gasteiger partial charge is 0.333 e. The SMILES string of the molecule is O=C1N/C(=C/c2cn(Cc3ccc(Cl)cc3)c3ccccc23)C(=O)N1c1ccc(Cl)cc1. The van der Waals surface area contributed by atoms with Crippen LogP contribution in [0, 0.1) is 0 Å². The first kappa shape index (κ1) is 20.4. The molecule has 5 nitrogen and oxygen atoms in total. The molecule has 32 heavy (non-hydrogen) atoms. The van der Waals surface area contributed by atoms with Crippen LogP contribution in [0.25, 0.3) is 17.0 Å². The number of nitrogens with zero attached hydrogens (tertiary/aromatic N) is 2. The number of halogens is 2. The number of urea groups is 1. The maximum absolute atomic E-state index is 13.0. The van der Waals surface area contributed by atoms with Crippen LogP contribution in [-0.2, 0) is 11.3 Å². The molecule has 3 aromatic carbocycles. The lowest BCUT2D eigenvalue weighted by molar-refractivity contribution is -0.113. The lowest BCUT2D eigenvalue weighted by Crippen LogP contribution is -2.30. The van der Waals surface area contributed by atoms with E-state index in [1.54, 1.807) is 30.3 Å².